The fraction of sp³-hybridized carbons (Fsp3) is 0.423. The summed E-state index contributed by atoms with van der Waals surface area (Å²) in [5, 5.41) is 0.669. The smallest absolute Gasteiger partial charge is 0.367 e. The fourth-order valence-electron chi connectivity index (χ4n) is 5.12. The molecule has 2 aromatic carbocycles. The number of rotatable bonds is 4. The van der Waals surface area contributed by atoms with Gasteiger partial charge >= 0.3 is 12.1 Å². The molecule has 0 aliphatic carbocycles. The minimum atomic E-state index is -0.647. The molecule has 3 heterocycles. The Morgan fingerprint density at radius 2 is 1.74 bits per heavy atom. The Kier molecular flexibility index (Phi) is 6.13. The van der Waals surface area contributed by atoms with Crippen LogP contribution in [0, 0.1) is 12.8 Å². The molecule has 34 heavy (non-hydrogen) atoms. The number of piperidine rings is 1. The number of likely N-dealkylation sites (tertiary alicyclic amines) is 1. The second kappa shape index (κ2) is 9.37. The van der Waals surface area contributed by atoms with Gasteiger partial charge in [0, 0.05) is 38.4 Å². The highest BCUT2D eigenvalue weighted by Gasteiger charge is 2.50. The second-order valence-corrected chi connectivity index (χ2v) is 9.39. The highest BCUT2D eigenvalue weighted by atomic mass is 16.7. The highest BCUT2D eigenvalue weighted by molar-refractivity contribution is 6.04. The van der Waals surface area contributed by atoms with Crippen molar-refractivity contribution < 1.29 is 19.2 Å². The number of fused-ring (bicyclic) bond motifs is 1. The van der Waals surface area contributed by atoms with E-state index < -0.39 is 24.1 Å². The van der Waals surface area contributed by atoms with Crippen LogP contribution in [0.3, 0.4) is 0 Å². The van der Waals surface area contributed by atoms with Gasteiger partial charge in [-0.05, 0) is 55.4 Å². The molecule has 0 N–H and O–H groups in total. The number of anilines is 1. The molecule has 0 spiro atoms. The summed E-state index contributed by atoms with van der Waals surface area (Å²) in [5.41, 5.74) is 3.46. The van der Waals surface area contributed by atoms with Crippen LogP contribution in [0.2, 0.25) is 0 Å². The lowest BCUT2D eigenvalue weighted by Crippen LogP contribution is -2.53. The van der Waals surface area contributed by atoms with Crippen LogP contribution in [0.1, 0.15) is 24.0 Å². The molecule has 1 atom stereocenters. The lowest BCUT2D eigenvalue weighted by atomic mass is 9.90. The normalized spacial score (nSPS) is 21.1. The van der Waals surface area contributed by atoms with E-state index in [9.17, 15) is 14.4 Å². The summed E-state index contributed by atoms with van der Waals surface area (Å²) in [5.74, 6) is 0.0257. The topological polar surface area (TPSA) is 73.4 Å². The van der Waals surface area contributed by atoms with Gasteiger partial charge in [-0.15, -0.1) is 0 Å². The molecule has 5 rings (SSSR count). The van der Waals surface area contributed by atoms with Crippen molar-refractivity contribution in [3.8, 4) is 0 Å². The highest BCUT2D eigenvalue weighted by Crippen LogP contribution is 2.27. The largest absolute Gasteiger partial charge is 0.434 e. The van der Waals surface area contributed by atoms with Crippen LogP contribution >= 0.6 is 0 Å². The van der Waals surface area contributed by atoms with Crippen LogP contribution in [0.25, 0.3) is 0 Å². The second-order valence-electron chi connectivity index (χ2n) is 9.39. The van der Waals surface area contributed by atoms with E-state index in [1.165, 1.54) is 10.5 Å². The number of nitrogens with zero attached hydrogens (tertiary/aromatic N) is 4. The first-order valence-electron chi connectivity index (χ1n) is 12.0. The van der Waals surface area contributed by atoms with Crippen molar-refractivity contribution in [3.05, 3.63) is 65.7 Å². The van der Waals surface area contributed by atoms with Crippen LogP contribution in [0.5, 0.6) is 0 Å². The predicted octanol–water partition coefficient (Wildman–Crippen LogP) is 3.45. The van der Waals surface area contributed by atoms with Gasteiger partial charge in [-0.3, -0.25) is 4.79 Å². The number of piperazine rings is 1. The van der Waals surface area contributed by atoms with Crippen LogP contribution in [0.15, 0.2) is 54.6 Å². The lowest BCUT2D eigenvalue weighted by Gasteiger charge is -2.36. The van der Waals surface area contributed by atoms with Gasteiger partial charge in [-0.2, -0.15) is 0 Å². The number of hydrogen-bond donors (Lipinski definition) is 0. The maximum absolute atomic E-state index is 13.0. The van der Waals surface area contributed by atoms with Gasteiger partial charge < -0.3 is 19.5 Å². The monoisotopic (exact) mass is 462 g/mol. The molecule has 0 saturated carbocycles. The summed E-state index contributed by atoms with van der Waals surface area (Å²) < 4.78 is 0. The van der Waals surface area contributed by atoms with Crippen molar-refractivity contribution >= 4 is 23.7 Å². The fourth-order valence-corrected chi connectivity index (χ4v) is 5.12. The van der Waals surface area contributed by atoms with Gasteiger partial charge in [-0.25, -0.2) is 9.59 Å². The first-order valence-corrected chi connectivity index (χ1v) is 12.0. The van der Waals surface area contributed by atoms with Crippen molar-refractivity contribution in [2.75, 3.05) is 37.6 Å². The standard InChI is InChI=1S/C26H30N4O4/c1-19-6-5-9-22(16-19)28-14-15-29-23(18-28)24(31)30(25(29)32)34-26(33)27-12-10-21(11-13-27)17-20-7-3-2-4-8-20/h2-9,16,21,23H,10-15,17-18H2,1H3. The van der Waals surface area contributed by atoms with E-state index in [2.05, 4.69) is 23.1 Å². The van der Waals surface area contributed by atoms with Gasteiger partial charge in [0.15, 0.2) is 0 Å². The zero-order valence-corrected chi connectivity index (χ0v) is 19.4. The maximum atomic E-state index is 13.0. The van der Waals surface area contributed by atoms with Crippen molar-refractivity contribution in [3.63, 3.8) is 0 Å². The Bertz CT molecular complexity index is 1070. The zero-order chi connectivity index (χ0) is 23.7. The molecule has 1 unspecified atom stereocenters. The minimum Gasteiger partial charge on any atom is -0.367 e. The maximum Gasteiger partial charge on any atom is 0.434 e. The Labute approximate surface area is 199 Å². The summed E-state index contributed by atoms with van der Waals surface area (Å²) in [7, 11) is 0. The van der Waals surface area contributed by atoms with Gasteiger partial charge in [-0.1, -0.05) is 47.5 Å². The van der Waals surface area contributed by atoms with Crippen molar-refractivity contribution in [1.82, 2.24) is 14.9 Å². The Morgan fingerprint density at radius 1 is 0.971 bits per heavy atom. The molecule has 0 bridgehead atoms. The third kappa shape index (κ3) is 4.44. The number of imide groups is 1. The number of carbonyl (C=O) groups excluding carboxylic acids is 3. The van der Waals surface area contributed by atoms with Gasteiger partial charge in [0.05, 0.1) is 0 Å². The number of hydrogen-bond acceptors (Lipinski definition) is 5. The molecule has 0 aromatic heterocycles. The van der Waals surface area contributed by atoms with E-state index >= 15 is 0 Å². The summed E-state index contributed by atoms with van der Waals surface area (Å²) in [6, 6.07) is 17.2. The average Bonchev–Trinajstić information content (AvgIpc) is 3.09. The number of carbonyl (C=O) groups is 3. The molecule has 3 aliphatic rings. The molecule has 2 aromatic rings. The van der Waals surface area contributed by atoms with Gasteiger partial charge in [0.1, 0.15) is 6.04 Å². The Hall–Kier alpha value is -3.55. The lowest BCUT2D eigenvalue weighted by molar-refractivity contribution is -0.151. The third-order valence-corrected chi connectivity index (χ3v) is 7.06. The summed E-state index contributed by atoms with van der Waals surface area (Å²) in [6.45, 7) is 4.54. The van der Waals surface area contributed by atoms with Crippen LogP contribution < -0.4 is 4.90 Å². The number of hydroxylamine groups is 2. The molecule has 8 heteroatoms. The number of benzene rings is 2. The van der Waals surface area contributed by atoms with E-state index in [0.29, 0.717) is 43.7 Å². The molecule has 3 saturated heterocycles. The zero-order valence-electron chi connectivity index (χ0n) is 19.4. The molecule has 3 fully saturated rings. The van der Waals surface area contributed by atoms with Crippen molar-refractivity contribution in [2.24, 2.45) is 5.92 Å². The van der Waals surface area contributed by atoms with Crippen molar-refractivity contribution in [1.29, 1.82) is 0 Å². The van der Waals surface area contributed by atoms with E-state index in [1.54, 1.807) is 4.90 Å². The van der Waals surface area contributed by atoms with Gasteiger partial charge in [0.2, 0.25) is 0 Å². The van der Waals surface area contributed by atoms with Crippen LogP contribution in [-0.2, 0) is 16.1 Å². The number of urea groups is 1. The SMILES string of the molecule is Cc1cccc(N2CCN3C(=O)N(OC(=O)N4CCC(Cc5ccccc5)CC4)C(=O)C3C2)c1. The van der Waals surface area contributed by atoms with Crippen molar-refractivity contribution in [2.45, 2.75) is 32.2 Å². The first-order chi connectivity index (χ1) is 16.5. The number of aryl methyl sites for hydroxylation is 1. The molecular formula is C26H30N4O4. The first kappa shape index (κ1) is 22.3. The molecule has 8 nitrogen and oxygen atoms in total. The average molecular weight is 463 g/mol. The third-order valence-electron chi connectivity index (χ3n) is 7.06. The van der Waals surface area contributed by atoms with E-state index in [-0.39, 0.29) is 0 Å². The minimum absolute atomic E-state index is 0.382. The predicted molar refractivity (Wildman–Crippen MR) is 127 cm³/mol. The Morgan fingerprint density at radius 3 is 2.47 bits per heavy atom. The summed E-state index contributed by atoms with van der Waals surface area (Å²) >= 11 is 0. The summed E-state index contributed by atoms with van der Waals surface area (Å²) in [6.07, 6.45) is 2.09. The van der Waals surface area contributed by atoms with E-state index in [0.717, 1.165) is 30.5 Å². The molecule has 0 radical (unpaired) electrons. The Balaban J connectivity index is 1.16. The quantitative estimate of drug-likeness (QED) is 0.651. The summed E-state index contributed by atoms with van der Waals surface area (Å²) in [4.78, 5) is 49.2. The van der Waals surface area contributed by atoms with E-state index in [4.69, 9.17) is 4.84 Å². The molecule has 4 amide bonds. The number of amides is 4. The van der Waals surface area contributed by atoms with Crippen LogP contribution in [0.4, 0.5) is 15.3 Å². The van der Waals surface area contributed by atoms with Crippen LogP contribution in [-0.4, -0.2) is 71.7 Å². The molecule has 178 valence electrons. The van der Waals surface area contributed by atoms with Gasteiger partial charge in [0.25, 0.3) is 5.91 Å². The molecule has 3 aliphatic heterocycles. The molecular weight excluding hydrogens is 432 g/mol. The van der Waals surface area contributed by atoms with E-state index in [1.807, 2.05) is 43.3 Å².